The zero-order chi connectivity index (χ0) is 12.6. The topological polar surface area (TPSA) is 50.4 Å². The zero-order valence-corrected chi connectivity index (χ0v) is 12.5. The van der Waals surface area contributed by atoms with E-state index in [2.05, 4.69) is 10.6 Å². The van der Waals surface area contributed by atoms with Gasteiger partial charge < -0.3 is 15.4 Å². The number of ether oxygens (including phenoxy) is 1. The Morgan fingerprint density at radius 2 is 2.00 bits per heavy atom. The van der Waals surface area contributed by atoms with Crippen LogP contribution < -0.4 is 10.6 Å². The molecule has 112 valence electrons. The molecule has 4 nitrogen and oxygen atoms in total. The molecule has 0 radical (unpaired) electrons. The SMILES string of the molecule is Cl.O=C(CCC1CCCN1)NCCC1CCOCC1. The number of rotatable bonds is 6. The molecule has 0 aromatic heterocycles. The third-order valence-electron chi connectivity index (χ3n) is 4.10. The third-order valence-corrected chi connectivity index (χ3v) is 4.10. The fourth-order valence-electron chi connectivity index (χ4n) is 2.85. The summed E-state index contributed by atoms with van der Waals surface area (Å²) < 4.78 is 5.33. The number of carbonyl (C=O) groups excluding carboxylic acids is 1. The number of hydrogen-bond donors (Lipinski definition) is 2. The first-order chi connectivity index (χ1) is 8.84. The van der Waals surface area contributed by atoms with Crippen LogP contribution in [0.25, 0.3) is 0 Å². The highest BCUT2D eigenvalue weighted by atomic mass is 35.5. The number of halogens is 1. The molecule has 2 N–H and O–H groups in total. The first kappa shape index (κ1) is 16.7. The van der Waals surface area contributed by atoms with Crippen LogP contribution in [0.3, 0.4) is 0 Å². The molecule has 2 rings (SSSR count). The van der Waals surface area contributed by atoms with Crippen molar-refractivity contribution in [3.8, 4) is 0 Å². The van der Waals surface area contributed by atoms with E-state index in [0.29, 0.717) is 12.5 Å². The molecular formula is C14H27ClN2O2. The Balaban J connectivity index is 0.00000180. The second kappa shape index (κ2) is 9.56. The molecule has 5 heteroatoms. The quantitative estimate of drug-likeness (QED) is 0.785. The molecule has 1 amide bonds. The van der Waals surface area contributed by atoms with E-state index in [-0.39, 0.29) is 18.3 Å². The predicted octanol–water partition coefficient (Wildman–Crippen LogP) is 1.87. The van der Waals surface area contributed by atoms with E-state index >= 15 is 0 Å². The second-order valence-corrected chi connectivity index (χ2v) is 5.53. The molecule has 1 atom stereocenters. The molecule has 0 aromatic carbocycles. The van der Waals surface area contributed by atoms with Crippen LogP contribution in [0.15, 0.2) is 0 Å². The summed E-state index contributed by atoms with van der Waals surface area (Å²) in [6, 6.07) is 0.575. The summed E-state index contributed by atoms with van der Waals surface area (Å²) in [5, 5.41) is 6.47. The number of hydrogen-bond acceptors (Lipinski definition) is 3. The Kier molecular flexibility index (Phi) is 8.42. The first-order valence-corrected chi connectivity index (χ1v) is 7.42. The lowest BCUT2D eigenvalue weighted by molar-refractivity contribution is -0.121. The highest BCUT2D eigenvalue weighted by molar-refractivity contribution is 5.85. The Bertz CT molecular complexity index is 252. The highest BCUT2D eigenvalue weighted by Gasteiger charge is 2.16. The minimum absolute atomic E-state index is 0. The largest absolute Gasteiger partial charge is 0.381 e. The normalized spacial score (nSPS) is 23.9. The van der Waals surface area contributed by atoms with Crippen molar-refractivity contribution in [3.05, 3.63) is 0 Å². The van der Waals surface area contributed by atoms with Gasteiger partial charge in [-0.3, -0.25) is 4.79 Å². The van der Waals surface area contributed by atoms with Crippen molar-refractivity contribution in [2.75, 3.05) is 26.3 Å². The van der Waals surface area contributed by atoms with Gasteiger partial charge in [0, 0.05) is 32.2 Å². The molecule has 2 aliphatic heterocycles. The van der Waals surface area contributed by atoms with Crippen LogP contribution in [0.4, 0.5) is 0 Å². The van der Waals surface area contributed by atoms with Crippen LogP contribution in [0.1, 0.15) is 44.9 Å². The smallest absolute Gasteiger partial charge is 0.220 e. The number of amides is 1. The van der Waals surface area contributed by atoms with Gasteiger partial charge in [0.05, 0.1) is 0 Å². The predicted molar refractivity (Wildman–Crippen MR) is 78.7 cm³/mol. The van der Waals surface area contributed by atoms with E-state index in [1.165, 1.54) is 12.8 Å². The number of nitrogens with one attached hydrogen (secondary N) is 2. The molecule has 2 fully saturated rings. The van der Waals surface area contributed by atoms with Crippen molar-refractivity contribution in [2.24, 2.45) is 5.92 Å². The molecule has 2 saturated heterocycles. The van der Waals surface area contributed by atoms with Crippen LogP contribution in [0.2, 0.25) is 0 Å². The van der Waals surface area contributed by atoms with Gasteiger partial charge in [0.2, 0.25) is 5.91 Å². The lowest BCUT2D eigenvalue weighted by Crippen LogP contribution is -2.29. The average Bonchev–Trinajstić information content (AvgIpc) is 2.91. The summed E-state index contributed by atoms with van der Waals surface area (Å²) in [4.78, 5) is 11.7. The Hall–Kier alpha value is -0.320. The maximum Gasteiger partial charge on any atom is 0.220 e. The van der Waals surface area contributed by atoms with Gasteiger partial charge in [-0.05, 0) is 51.0 Å². The molecule has 2 aliphatic rings. The summed E-state index contributed by atoms with van der Waals surface area (Å²) in [5.41, 5.74) is 0. The van der Waals surface area contributed by atoms with Crippen molar-refractivity contribution < 1.29 is 9.53 Å². The van der Waals surface area contributed by atoms with Crippen molar-refractivity contribution in [3.63, 3.8) is 0 Å². The molecule has 0 spiro atoms. The van der Waals surface area contributed by atoms with Gasteiger partial charge in [0.1, 0.15) is 0 Å². The first-order valence-electron chi connectivity index (χ1n) is 7.42. The lowest BCUT2D eigenvalue weighted by atomic mass is 9.97. The van der Waals surface area contributed by atoms with Crippen LogP contribution in [0.5, 0.6) is 0 Å². The van der Waals surface area contributed by atoms with E-state index < -0.39 is 0 Å². The zero-order valence-electron chi connectivity index (χ0n) is 11.7. The summed E-state index contributed by atoms with van der Waals surface area (Å²) >= 11 is 0. The molecule has 0 aromatic rings. The van der Waals surface area contributed by atoms with Crippen LogP contribution in [-0.4, -0.2) is 38.3 Å². The van der Waals surface area contributed by atoms with Crippen LogP contribution in [-0.2, 0) is 9.53 Å². The lowest BCUT2D eigenvalue weighted by Gasteiger charge is -2.21. The Morgan fingerprint density at radius 1 is 1.21 bits per heavy atom. The number of carbonyl (C=O) groups is 1. The van der Waals surface area contributed by atoms with Gasteiger partial charge in [-0.15, -0.1) is 12.4 Å². The third kappa shape index (κ3) is 6.59. The van der Waals surface area contributed by atoms with Crippen molar-refractivity contribution in [1.82, 2.24) is 10.6 Å². The van der Waals surface area contributed by atoms with E-state index in [0.717, 1.165) is 57.9 Å². The maximum absolute atomic E-state index is 11.7. The molecule has 0 saturated carbocycles. The van der Waals surface area contributed by atoms with Gasteiger partial charge >= 0.3 is 0 Å². The van der Waals surface area contributed by atoms with Gasteiger partial charge in [-0.25, -0.2) is 0 Å². The van der Waals surface area contributed by atoms with Crippen LogP contribution >= 0.6 is 12.4 Å². The monoisotopic (exact) mass is 290 g/mol. The highest BCUT2D eigenvalue weighted by Crippen LogP contribution is 2.17. The molecule has 0 bridgehead atoms. The fraction of sp³-hybridized carbons (Fsp3) is 0.929. The Labute approximate surface area is 122 Å². The van der Waals surface area contributed by atoms with E-state index in [9.17, 15) is 4.79 Å². The molecule has 1 unspecified atom stereocenters. The van der Waals surface area contributed by atoms with E-state index in [4.69, 9.17) is 4.74 Å². The standard InChI is InChI=1S/C14H26N2O2.ClH/c17-14(4-3-13-2-1-8-15-13)16-9-5-12-6-10-18-11-7-12;/h12-13,15H,1-11H2,(H,16,17);1H. The minimum Gasteiger partial charge on any atom is -0.381 e. The summed E-state index contributed by atoms with van der Waals surface area (Å²) in [7, 11) is 0. The van der Waals surface area contributed by atoms with Gasteiger partial charge in [0.25, 0.3) is 0 Å². The van der Waals surface area contributed by atoms with Gasteiger partial charge in [0.15, 0.2) is 0 Å². The van der Waals surface area contributed by atoms with Crippen LogP contribution in [0, 0.1) is 5.92 Å². The van der Waals surface area contributed by atoms with Crippen molar-refractivity contribution in [2.45, 2.75) is 51.0 Å². The summed E-state index contributed by atoms with van der Waals surface area (Å²) in [5.74, 6) is 0.964. The average molecular weight is 291 g/mol. The van der Waals surface area contributed by atoms with Gasteiger partial charge in [-0.1, -0.05) is 0 Å². The summed E-state index contributed by atoms with van der Waals surface area (Å²) in [6.07, 6.45) is 7.57. The van der Waals surface area contributed by atoms with E-state index in [1.807, 2.05) is 0 Å². The molecule has 0 aliphatic carbocycles. The fourth-order valence-corrected chi connectivity index (χ4v) is 2.85. The van der Waals surface area contributed by atoms with Crippen molar-refractivity contribution in [1.29, 1.82) is 0 Å². The summed E-state index contributed by atoms with van der Waals surface area (Å²) in [6.45, 7) is 3.75. The molecular weight excluding hydrogens is 264 g/mol. The minimum atomic E-state index is 0. The Morgan fingerprint density at radius 3 is 2.68 bits per heavy atom. The maximum atomic E-state index is 11.7. The molecule has 19 heavy (non-hydrogen) atoms. The van der Waals surface area contributed by atoms with E-state index in [1.54, 1.807) is 0 Å². The second-order valence-electron chi connectivity index (χ2n) is 5.53. The van der Waals surface area contributed by atoms with Gasteiger partial charge in [-0.2, -0.15) is 0 Å². The molecule has 2 heterocycles. The van der Waals surface area contributed by atoms with Crippen molar-refractivity contribution >= 4 is 18.3 Å².